The largest absolute Gasteiger partial charge is 0.495 e. The highest BCUT2D eigenvalue weighted by Crippen LogP contribution is 2.30. The number of carbonyl (C=O) groups excluding carboxylic acids is 1. The van der Waals surface area contributed by atoms with Gasteiger partial charge in [-0.1, -0.05) is 38.8 Å². The van der Waals surface area contributed by atoms with Crippen molar-refractivity contribution in [2.75, 3.05) is 38.2 Å². The van der Waals surface area contributed by atoms with Crippen molar-refractivity contribution in [2.45, 2.75) is 52.1 Å². The first kappa shape index (κ1) is 20.0. The lowest BCUT2D eigenvalue weighted by atomic mass is 9.78. The molecule has 150 valence electrons. The molecule has 1 N–H and O–H groups in total. The minimum atomic E-state index is -0.0748. The summed E-state index contributed by atoms with van der Waals surface area (Å²) >= 11 is 0. The smallest absolute Gasteiger partial charge is 0.237 e. The Morgan fingerprint density at radius 1 is 1.15 bits per heavy atom. The predicted molar refractivity (Wildman–Crippen MR) is 110 cm³/mol. The SMILES string of the molecule is COc1ccccc1N1CCN([C@H](C)C(=O)N[C@@H]2CCC[C@H](C)[C@H]2C)CC1. The average Bonchev–Trinajstić information content (AvgIpc) is 2.71. The Hall–Kier alpha value is -1.75. The lowest BCUT2D eigenvalue weighted by Crippen LogP contribution is -2.56. The third kappa shape index (κ3) is 4.57. The number of carbonyl (C=O) groups is 1. The zero-order valence-electron chi connectivity index (χ0n) is 17.3. The van der Waals surface area contributed by atoms with Gasteiger partial charge in [-0.3, -0.25) is 9.69 Å². The number of nitrogens with one attached hydrogen (secondary N) is 1. The van der Waals surface area contributed by atoms with Crippen LogP contribution in [0, 0.1) is 11.8 Å². The first-order chi connectivity index (χ1) is 13.0. The van der Waals surface area contributed by atoms with E-state index in [-0.39, 0.29) is 11.9 Å². The molecule has 0 spiro atoms. The number of benzene rings is 1. The lowest BCUT2D eigenvalue weighted by molar-refractivity contribution is -0.127. The van der Waals surface area contributed by atoms with Crippen LogP contribution in [0.5, 0.6) is 5.75 Å². The van der Waals surface area contributed by atoms with Crippen molar-refractivity contribution >= 4 is 11.6 Å². The molecule has 27 heavy (non-hydrogen) atoms. The first-order valence-corrected chi connectivity index (χ1v) is 10.4. The maximum atomic E-state index is 12.8. The summed E-state index contributed by atoms with van der Waals surface area (Å²) in [6.07, 6.45) is 3.63. The van der Waals surface area contributed by atoms with Gasteiger partial charge in [0.1, 0.15) is 5.75 Å². The minimum absolute atomic E-state index is 0.0748. The zero-order valence-corrected chi connectivity index (χ0v) is 17.3. The van der Waals surface area contributed by atoms with Crippen LogP contribution in [0.4, 0.5) is 5.69 Å². The lowest BCUT2D eigenvalue weighted by Gasteiger charge is -2.40. The van der Waals surface area contributed by atoms with Gasteiger partial charge in [-0.15, -0.1) is 0 Å². The number of ether oxygens (including phenoxy) is 1. The molecule has 0 radical (unpaired) electrons. The number of hydrogen-bond donors (Lipinski definition) is 1. The maximum Gasteiger partial charge on any atom is 0.237 e. The first-order valence-electron chi connectivity index (χ1n) is 10.4. The molecule has 1 aliphatic heterocycles. The summed E-state index contributed by atoms with van der Waals surface area (Å²) in [6.45, 7) is 10.2. The molecule has 0 aromatic heterocycles. The van der Waals surface area contributed by atoms with E-state index in [0.29, 0.717) is 17.9 Å². The van der Waals surface area contributed by atoms with E-state index in [4.69, 9.17) is 4.74 Å². The van der Waals surface area contributed by atoms with Crippen LogP contribution >= 0.6 is 0 Å². The van der Waals surface area contributed by atoms with E-state index < -0.39 is 0 Å². The molecule has 5 nitrogen and oxygen atoms in total. The van der Waals surface area contributed by atoms with Gasteiger partial charge < -0.3 is 15.0 Å². The molecule has 2 aliphatic rings. The summed E-state index contributed by atoms with van der Waals surface area (Å²) in [5, 5.41) is 3.34. The van der Waals surface area contributed by atoms with Crippen molar-refractivity contribution in [1.82, 2.24) is 10.2 Å². The standard InChI is InChI=1S/C22H35N3O2/c1-16-8-7-9-19(17(16)2)23-22(26)18(3)24-12-14-25(15-13-24)20-10-5-6-11-21(20)27-4/h5-6,10-11,16-19H,7-9,12-15H2,1-4H3,(H,23,26)/t16-,17+,18+,19+/m0/s1. The Morgan fingerprint density at radius 3 is 2.56 bits per heavy atom. The quantitative estimate of drug-likeness (QED) is 0.861. The summed E-state index contributed by atoms with van der Waals surface area (Å²) in [4.78, 5) is 17.5. The number of methoxy groups -OCH3 is 1. The number of rotatable bonds is 5. The molecule has 2 fully saturated rings. The number of anilines is 1. The Kier molecular flexibility index (Phi) is 6.64. The van der Waals surface area contributed by atoms with Crippen LogP contribution < -0.4 is 15.0 Å². The van der Waals surface area contributed by atoms with E-state index in [1.54, 1.807) is 7.11 Å². The van der Waals surface area contributed by atoms with Crippen molar-refractivity contribution < 1.29 is 9.53 Å². The summed E-state index contributed by atoms with van der Waals surface area (Å²) in [5.74, 6) is 2.37. The van der Waals surface area contributed by atoms with E-state index in [1.807, 2.05) is 25.1 Å². The highest BCUT2D eigenvalue weighted by Gasteiger charge is 2.31. The molecule has 0 bridgehead atoms. The Balaban J connectivity index is 1.53. The van der Waals surface area contributed by atoms with Crippen LogP contribution in [0.1, 0.15) is 40.0 Å². The summed E-state index contributed by atoms with van der Waals surface area (Å²) < 4.78 is 5.49. The molecule has 4 atom stereocenters. The fraction of sp³-hybridized carbons (Fsp3) is 0.682. The zero-order chi connectivity index (χ0) is 19.4. The molecule has 5 heteroatoms. The van der Waals surface area contributed by atoms with E-state index in [1.165, 1.54) is 12.8 Å². The van der Waals surface area contributed by atoms with Gasteiger partial charge in [0.05, 0.1) is 18.8 Å². The van der Waals surface area contributed by atoms with Crippen LogP contribution in [-0.4, -0.2) is 56.2 Å². The van der Waals surface area contributed by atoms with Crippen LogP contribution in [-0.2, 0) is 4.79 Å². The van der Waals surface area contributed by atoms with Gasteiger partial charge in [-0.2, -0.15) is 0 Å². The van der Waals surface area contributed by atoms with E-state index in [9.17, 15) is 4.79 Å². The van der Waals surface area contributed by atoms with Gasteiger partial charge in [0.25, 0.3) is 0 Å². The van der Waals surface area contributed by atoms with Crippen molar-refractivity contribution in [3.8, 4) is 5.75 Å². The summed E-state index contributed by atoms with van der Waals surface area (Å²) in [7, 11) is 1.72. The number of nitrogens with zero attached hydrogens (tertiary/aromatic N) is 2. The number of piperazine rings is 1. The Bertz CT molecular complexity index is 628. The van der Waals surface area contributed by atoms with Gasteiger partial charge in [-0.25, -0.2) is 0 Å². The van der Waals surface area contributed by atoms with E-state index in [2.05, 4.69) is 35.0 Å². The molecule has 1 saturated carbocycles. The molecule has 1 aliphatic carbocycles. The fourth-order valence-electron chi connectivity index (χ4n) is 4.50. The Morgan fingerprint density at radius 2 is 1.85 bits per heavy atom. The maximum absolute atomic E-state index is 12.8. The molecule has 0 unspecified atom stereocenters. The number of amides is 1. The normalized spacial score (nSPS) is 27.9. The fourth-order valence-corrected chi connectivity index (χ4v) is 4.50. The molecule has 1 aromatic carbocycles. The molecule has 1 amide bonds. The second kappa shape index (κ2) is 8.96. The van der Waals surface area contributed by atoms with Gasteiger partial charge in [0, 0.05) is 32.2 Å². The van der Waals surface area contributed by atoms with Crippen LogP contribution in [0.25, 0.3) is 0 Å². The highest BCUT2D eigenvalue weighted by atomic mass is 16.5. The van der Waals surface area contributed by atoms with Crippen LogP contribution in [0.15, 0.2) is 24.3 Å². The second-order valence-electron chi connectivity index (χ2n) is 8.25. The van der Waals surface area contributed by atoms with Crippen LogP contribution in [0.3, 0.4) is 0 Å². The van der Waals surface area contributed by atoms with Gasteiger partial charge >= 0.3 is 0 Å². The highest BCUT2D eigenvalue weighted by molar-refractivity contribution is 5.81. The van der Waals surface area contributed by atoms with Crippen molar-refractivity contribution in [2.24, 2.45) is 11.8 Å². The number of hydrogen-bond acceptors (Lipinski definition) is 4. The third-order valence-electron chi connectivity index (χ3n) is 6.70. The van der Waals surface area contributed by atoms with E-state index >= 15 is 0 Å². The van der Waals surface area contributed by atoms with Gasteiger partial charge in [0.15, 0.2) is 0 Å². The molecular weight excluding hydrogens is 338 g/mol. The van der Waals surface area contributed by atoms with Crippen molar-refractivity contribution in [3.05, 3.63) is 24.3 Å². The van der Waals surface area contributed by atoms with Crippen molar-refractivity contribution in [3.63, 3.8) is 0 Å². The summed E-state index contributed by atoms with van der Waals surface area (Å²) in [5.41, 5.74) is 1.14. The average molecular weight is 374 g/mol. The van der Waals surface area contributed by atoms with Gasteiger partial charge in [-0.05, 0) is 37.3 Å². The molecule has 1 saturated heterocycles. The van der Waals surface area contributed by atoms with E-state index in [0.717, 1.165) is 44.0 Å². The number of para-hydroxylation sites is 2. The summed E-state index contributed by atoms with van der Waals surface area (Å²) in [6, 6.07) is 8.42. The predicted octanol–water partition coefficient (Wildman–Crippen LogP) is 3.15. The Labute approximate surface area is 164 Å². The third-order valence-corrected chi connectivity index (χ3v) is 6.70. The molecule has 1 heterocycles. The monoisotopic (exact) mass is 373 g/mol. The van der Waals surface area contributed by atoms with Crippen molar-refractivity contribution in [1.29, 1.82) is 0 Å². The second-order valence-corrected chi connectivity index (χ2v) is 8.25. The minimum Gasteiger partial charge on any atom is -0.495 e. The molecular formula is C22H35N3O2. The molecule has 1 aromatic rings. The topological polar surface area (TPSA) is 44.8 Å². The van der Waals surface area contributed by atoms with Gasteiger partial charge in [0.2, 0.25) is 5.91 Å². The molecule has 3 rings (SSSR count). The van der Waals surface area contributed by atoms with Crippen LogP contribution in [0.2, 0.25) is 0 Å².